The van der Waals surface area contributed by atoms with Gasteiger partial charge >= 0.3 is 0 Å². The number of halogens is 1. The summed E-state index contributed by atoms with van der Waals surface area (Å²) in [6, 6.07) is 2.79. The number of hydrogen-bond acceptors (Lipinski definition) is 5. The zero-order chi connectivity index (χ0) is 11.7. The number of hydrogen-bond donors (Lipinski definition) is 1. The molecule has 4 nitrogen and oxygen atoms in total. The van der Waals surface area contributed by atoms with E-state index in [1.807, 2.05) is 5.38 Å². The molecule has 0 bridgehead atoms. The molecule has 90 valence electrons. The van der Waals surface area contributed by atoms with E-state index in [-0.39, 0.29) is 0 Å². The molecule has 1 N–H and O–H groups in total. The minimum absolute atomic E-state index is 0.630. The lowest BCUT2D eigenvalue weighted by atomic mass is 10.3. The Balaban J connectivity index is 1.61. The molecule has 2 aromatic heterocycles. The van der Waals surface area contributed by atoms with Crippen LogP contribution in [0.4, 0.5) is 0 Å². The molecule has 0 aromatic carbocycles. The summed E-state index contributed by atoms with van der Waals surface area (Å²) in [5, 5.41) is 13.6. The number of nitrogens with one attached hydrogen (secondary N) is 1. The maximum Gasteiger partial charge on any atom is 0.248 e. The van der Waals surface area contributed by atoms with Gasteiger partial charge in [0.15, 0.2) is 0 Å². The predicted molar refractivity (Wildman–Crippen MR) is 75.1 cm³/mol. The average molecular weight is 361 g/mol. The second kappa shape index (κ2) is 5.03. The van der Waals surface area contributed by atoms with E-state index in [1.165, 1.54) is 15.7 Å². The Hall–Kier alpha value is -0.470. The van der Waals surface area contributed by atoms with Crippen LogP contribution < -0.4 is 5.32 Å². The fourth-order valence-corrected chi connectivity index (χ4v) is 2.88. The van der Waals surface area contributed by atoms with E-state index < -0.39 is 0 Å². The summed E-state index contributed by atoms with van der Waals surface area (Å²) in [5.74, 6) is 1.35. The van der Waals surface area contributed by atoms with Crippen LogP contribution in [0.1, 0.15) is 18.7 Å². The van der Waals surface area contributed by atoms with Crippen molar-refractivity contribution >= 4 is 33.9 Å². The van der Waals surface area contributed by atoms with Crippen molar-refractivity contribution in [1.29, 1.82) is 0 Å². The zero-order valence-corrected chi connectivity index (χ0v) is 12.1. The van der Waals surface area contributed by atoms with E-state index in [4.69, 9.17) is 4.42 Å². The molecule has 0 unspecified atom stereocenters. The summed E-state index contributed by atoms with van der Waals surface area (Å²) in [6.45, 7) is 0.924. The Morgan fingerprint density at radius 1 is 1.47 bits per heavy atom. The standard InChI is InChI=1S/C11H12IN3OS/c12-9-5-7(6-17-9)11-15-14-10(16-11)3-4-13-8-1-2-8/h5-6,8,13H,1-4H2. The van der Waals surface area contributed by atoms with Crippen LogP contribution in [-0.2, 0) is 6.42 Å². The zero-order valence-electron chi connectivity index (χ0n) is 9.15. The van der Waals surface area contributed by atoms with Crippen molar-refractivity contribution in [2.45, 2.75) is 25.3 Å². The molecule has 0 radical (unpaired) electrons. The van der Waals surface area contributed by atoms with Crippen molar-refractivity contribution in [2.24, 2.45) is 0 Å². The number of nitrogens with zero attached hydrogens (tertiary/aromatic N) is 2. The Labute approximate surface area is 117 Å². The summed E-state index contributed by atoms with van der Waals surface area (Å²) in [6.07, 6.45) is 3.43. The molecule has 2 aromatic rings. The van der Waals surface area contributed by atoms with Gasteiger partial charge in [0.05, 0.1) is 8.45 Å². The normalized spacial score (nSPS) is 15.4. The van der Waals surface area contributed by atoms with Gasteiger partial charge in [-0.05, 0) is 41.5 Å². The predicted octanol–water partition coefficient (Wildman–Crippen LogP) is 2.70. The van der Waals surface area contributed by atoms with Gasteiger partial charge in [-0.1, -0.05) is 0 Å². The van der Waals surface area contributed by atoms with Crippen LogP contribution in [0.5, 0.6) is 0 Å². The molecular weight excluding hydrogens is 349 g/mol. The molecule has 3 rings (SSSR count). The monoisotopic (exact) mass is 361 g/mol. The summed E-state index contributed by atoms with van der Waals surface area (Å²) in [4.78, 5) is 0. The lowest BCUT2D eigenvalue weighted by Gasteiger charge is -1.97. The quantitative estimate of drug-likeness (QED) is 0.833. The van der Waals surface area contributed by atoms with Crippen LogP contribution in [0, 0.1) is 2.88 Å². The van der Waals surface area contributed by atoms with Gasteiger partial charge in [-0.2, -0.15) is 0 Å². The van der Waals surface area contributed by atoms with Crippen molar-refractivity contribution in [2.75, 3.05) is 6.54 Å². The van der Waals surface area contributed by atoms with E-state index in [1.54, 1.807) is 11.3 Å². The molecule has 17 heavy (non-hydrogen) atoms. The SMILES string of the molecule is Ic1cc(-c2nnc(CCNC3CC3)o2)cs1. The van der Waals surface area contributed by atoms with Gasteiger partial charge in [-0.3, -0.25) is 0 Å². The molecular formula is C11H12IN3OS. The fraction of sp³-hybridized carbons (Fsp3) is 0.455. The van der Waals surface area contributed by atoms with Crippen molar-refractivity contribution in [3.05, 3.63) is 20.2 Å². The van der Waals surface area contributed by atoms with Crippen LogP contribution in [0.3, 0.4) is 0 Å². The van der Waals surface area contributed by atoms with Crippen LogP contribution in [0.25, 0.3) is 11.5 Å². The van der Waals surface area contributed by atoms with Crippen LogP contribution in [0.2, 0.25) is 0 Å². The molecule has 0 atom stereocenters. The highest BCUT2D eigenvalue weighted by molar-refractivity contribution is 14.1. The third-order valence-electron chi connectivity index (χ3n) is 2.63. The minimum Gasteiger partial charge on any atom is -0.421 e. The van der Waals surface area contributed by atoms with Gasteiger partial charge in [0.25, 0.3) is 0 Å². The van der Waals surface area contributed by atoms with Gasteiger partial charge in [-0.25, -0.2) is 0 Å². The van der Waals surface area contributed by atoms with E-state index in [9.17, 15) is 0 Å². The first-order valence-corrected chi connectivity index (χ1v) is 7.57. The highest BCUT2D eigenvalue weighted by atomic mass is 127. The van der Waals surface area contributed by atoms with Gasteiger partial charge in [0.2, 0.25) is 11.8 Å². The molecule has 0 saturated heterocycles. The van der Waals surface area contributed by atoms with Crippen LogP contribution in [0.15, 0.2) is 15.9 Å². The van der Waals surface area contributed by atoms with Crippen LogP contribution >= 0.6 is 33.9 Å². The maximum atomic E-state index is 5.63. The molecule has 1 saturated carbocycles. The number of thiophene rings is 1. The van der Waals surface area contributed by atoms with Crippen LogP contribution in [-0.4, -0.2) is 22.8 Å². The van der Waals surface area contributed by atoms with Crippen molar-refractivity contribution < 1.29 is 4.42 Å². The van der Waals surface area contributed by atoms with E-state index in [0.717, 1.165) is 24.6 Å². The topological polar surface area (TPSA) is 51.0 Å². The van der Waals surface area contributed by atoms with E-state index in [2.05, 4.69) is 44.2 Å². The first-order chi connectivity index (χ1) is 8.31. The van der Waals surface area contributed by atoms with Gasteiger partial charge < -0.3 is 9.73 Å². The van der Waals surface area contributed by atoms with Crippen molar-refractivity contribution in [3.8, 4) is 11.5 Å². The second-order valence-electron chi connectivity index (χ2n) is 4.12. The molecule has 2 heterocycles. The Kier molecular flexibility index (Phi) is 3.44. The number of aromatic nitrogens is 2. The Bertz CT molecular complexity index is 506. The summed E-state index contributed by atoms with van der Waals surface area (Å²) >= 11 is 3.97. The summed E-state index contributed by atoms with van der Waals surface area (Å²) in [5.41, 5.74) is 1.02. The summed E-state index contributed by atoms with van der Waals surface area (Å²) < 4.78 is 6.86. The minimum atomic E-state index is 0.630. The van der Waals surface area contributed by atoms with Crippen molar-refractivity contribution in [3.63, 3.8) is 0 Å². The van der Waals surface area contributed by atoms with Gasteiger partial charge in [-0.15, -0.1) is 21.5 Å². The van der Waals surface area contributed by atoms with E-state index >= 15 is 0 Å². The Morgan fingerprint density at radius 3 is 3.06 bits per heavy atom. The number of rotatable bonds is 5. The largest absolute Gasteiger partial charge is 0.421 e. The van der Waals surface area contributed by atoms with E-state index in [0.29, 0.717) is 11.8 Å². The van der Waals surface area contributed by atoms with Gasteiger partial charge in [0, 0.05) is 24.4 Å². The molecule has 0 amide bonds. The lowest BCUT2D eigenvalue weighted by molar-refractivity contribution is 0.494. The third kappa shape index (κ3) is 3.05. The first kappa shape index (κ1) is 11.6. The first-order valence-electron chi connectivity index (χ1n) is 5.61. The lowest BCUT2D eigenvalue weighted by Crippen LogP contribution is -2.19. The molecule has 1 aliphatic rings. The molecule has 1 fully saturated rings. The Morgan fingerprint density at radius 2 is 2.35 bits per heavy atom. The highest BCUT2D eigenvalue weighted by Crippen LogP contribution is 2.25. The second-order valence-corrected chi connectivity index (χ2v) is 6.92. The molecule has 6 heteroatoms. The highest BCUT2D eigenvalue weighted by Gasteiger charge is 2.20. The third-order valence-corrected chi connectivity index (χ3v) is 4.42. The molecule has 1 aliphatic carbocycles. The molecule has 0 aliphatic heterocycles. The van der Waals surface area contributed by atoms with Gasteiger partial charge in [0.1, 0.15) is 0 Å². The summed E-state index contributed by atoms with van der Waals surface area (Å²) in [7, 11) is 0. The fourth-order valence-electron chi connectivity index (χ4n) is 1.56. The average Bonchev–Trinajstić information content (AvgIpc) is 2.85. The maximum absolute atomic E-state index is 5.63. The van der Waals surface area contributed by atoms with Crippen molar-refractivity contribution in [1.82, 2.24) is 15.5 Å². The smallest absolute Gasteiger partial charge is 0.248 e. The molecule has 0 spiro atoms.